The number of carboxylic acid groups (broad SMARTS) is 2. The Morgan fingerprint density at radius 1 is 0.731 bits per heavy atom. The maximum absolute atomic E-state index is 9.10. The highest BCUT2D eigenvalue weighted by molar-refractivity contribution is 6.27. The third-order valence-electron chi connectivity index (χ3n) is 5.67. The van der Waals surface area contributed by atoms with Gasteiger partial charge in [0.1, 0.15) is 0 Å². The summed E-state index contributed by atoms with van der Waals surface area (Å²) in [5.74, 6) is -3.65. The van der Waals surface area contributed by atoms with E-state index in [9.17, 15) is 0 Å². The molecule has 0 aromatic heterocycles. The number of piperidine rings is 2. The van der Waals surface area contributed by atoms with Crippen LogP contribution in [-0.2, 0) is 19.1 Å². The number of rotatable bonds is 0. The van der Waals surface area contributed by atoms with Crippen LogP contribution in [-0.4, -0.2) is 74.8 Å². The number of carboxylic acids is 2. The molecule has 2 unspecified atom stereocenters. The maximum Gasteiger partial charge on any atom is 0.414 e. The largest absolute Gasteiger partial charge is 0.473 e. The van der Waals surface area contributed by atoms with E-state index < -0.39 is 11.9 Å². The van der Waals surface area contributed by atoms with Gasteiger partial charge in [-0.2, -0.15) is 0 Å². The Hall–Kier alpha value is -1.22. The van der Waals surface area contributed by atoms with Crippen molar-refractivity contribution in [3.63, 3.8) is 0 Å². The molecule has 0 radical (unpaired) electrons. The molecule has 0 aliphatic carbocycles. The fourth-order valence-electron chi connectivity index (χ4n) is 4.03. The molecule has 26 heavy (non-hydrogen) atoms. The quantitative estimate of drug-likeness (QED) is 0.459. The molecule has 0 aromatic rings. The third-order valence-corrected chi connectivity index (χ3v) is 5.67. The molecule has 8 nitrogen and oxygen atoms in total. The first kappa shape index (κ1) is 21.1. The standard InChI is InChI=1S/2C8H15NO.C2H2O4/c2*1-2-8(6-9-4-1)3-5-10-7-8;3-1(4)2(5)6/h2*9H,1-7H2;(H,3,4)(H,5,6). The Bertz CT molecular complexity index is 401. The van der Waals surface area contributed by atoms with Crippen molar-refractivity contribution in [2.24, 2.45) is 10.8 Å². The van der Waals surface area contributed by atoms with Crippen molar-refractivity contribution in [2.45, 2.75) is 38.5 Å². The molecular weight excluding hydrogens is 340 g/mol. The molecule has 4 N–H and O–H groups in total. The summed E-state index contributed by atoms with van der Waals surface area (Å²) >= 11 is 0. The lowest BCUT2D eigenvalue weighted by Gasteiger charge is -2.31. The number of nitrogens with one attached hydrogen (secondary N) is 2. The average molecular weight is 372 g/mol. The van der Waals surface area contributed by atoms with Crippen LogP contribution in [0.4, 0.5) is 0 Å². The number of hydrogen-bond acceptors (Lipinski definition) is 6. The summed E-state index contributed by atoms with van der Waals surface area (Å²) in [4.78, 5) is 18.2. The van der Waals surface area contributed by atoms with Crippen LogP contribution in [0.3, 0.4) is 0 Å². The van der Waals surface area contributed by atoms with Crippen LogP contribution in [0.25, 0.3) is 0 Å². The molecule has 8 heteroatoms. The topological polar surface area (TPSA) is 117 Å². The first-order valence-electron chi connectivity index (χ1n) is 9.50. The van der Waals surface area contributed by atoms with Crippen molar-refractivity contribution in [1.82, 2.24) is 10.6 Å². The van der Waals surface area contributed by atoms with Gasteiger partial charge in [-0.3, -0.25) is 0 Å². The van der Waals surface area contributed by atoms with Gasteiger partial charge in [0.05, 0.1) is 13.2 Å². The van der Waals surface area contributed by atoms with Crippen LogP contribution in [0.15, 0.2) is 0 Å². The summed E-state index contributed by atoms with van der Waals surface area (Å²) in [5.41, 5.74) is 1.08. The fourth-order valence-corrected chi connectivity index (χ4v) is 4.03. The number of aliphatic carboxylic acids is 2. The molecule has 4 fully saturated rings. The monoisotopic (exact) mass is 372 g/mol. The summed E-state index contributed by atoms with van der Waals surface area (Å²) in [7, 11) is 0. The van der Waals surface area contributed by atoms with Crippen LogP contribution < -0.4 is 10.6 Å². The molecule has 0 bridgehead atoms. The van der Waals surface area contributed by atoms with Crippen molar-refractivity contribution in [3.05, 3.63) is 0 Å². The van der Waals surface area contributed by atoms with Crippen LogP contribution in [0.2, 0.25) is 0 Å². The first-order valence-corrected chi connectivity index (χ1v) is 9.50. The van der Waals surface area contributed by atoms with Gasteiger partial charge in [0.25, 0.3) is 0 Å². The highest BCUT2D eigenvalue weighted by atomic mass is 16.5. The van der Waals surface area contributed by atoms with E-state index in [1.165, 1.54) is 64.7 Å². The summed E-state index contributed by atoms with van der Waals surface area (Å²) in [6.45, 7) is 8.77. The zero-order valence-corrected chi connectivity index (χ0v) is 15.4. The maximum atomic E-state index is 9.10. The molecule has 0 saturated carbocycles. The van der Waals surface area contributed by atoms with E-state index in [-0.39, 0.29) is 0 Å². The first-order chi connectivity index (χ1) is 12.5. The second-order valence-corrected chi connectivity index (χ2v) is 7.78. The SMILES string of the molecule is C1CNCC2(C1)CCOC2.C1CNCC2(C1)CCOC2.O=C(O)C(=O)O. The predicted molar refractivity (Wildman–Crippen MR) is 95.2 cm³/mol. The van der Waals surface area contributed by atoms with E-state index in [0.29, 0.717) is 10.8 Å². The van der Waals surface area contributed by atoms with E-state index in [1.807, 2.05) is 0 Å². The smallest absolute Gasteiger partial charge is 0.414 e. The highest BCUT2D eigenvalue weighted by Gasteiger charge is 2.36. The molecule has 0 amide bonds. The lowest BCUT2D eigenvalue weighted by molar-refractivity contribution is -0.159. The zero-order valence-electron chi connectivity index (χ0n) is 15.4. The molecule has 150 valence electrons. The fraction of sp³-hybridized carbons (Fsp3) is 0.889. The number of carbonyl (C=O) groups is 2. The minimum atomic E-state index is -1.82. The number of ether oxygens (including phenoxy) is 2. The molecule has 4 aliphatic heterocycles. The Balaban J connectivity index is 0.000000146. The summed E-state index contributed by atoms with van der Waals surface area (Å²) in [6, 6.07) is 0. The van der Waals surface area contributed by atoms with E-state index in [2.05, 4.69) is 10.6 Å². The van der Waals surface area contributed by atoms with Crippen molar-refractivity contribution < 1.29 is 29.3 Å². The van der Waals surface area contributed by atoms with E-state index in [0.717, 1.165) is 26.4 Å². The lowest BCUT2D eigenvalue weighted by atomic mass is 9.80. The molecule has 2 atom stereocenters. The summed E-state index contributed by atoms with van der Waals surface area (Å²) in [6.07, 6.45) is 7.98. The van der Waals surface area contributed by atoms with Crippen LogP contribution in [0.5, 0.6) is 0 Å². The van der Waals surface area contributed by atoms with E-state index in [4.69, 9.17) is 29.3 Å². The van der Waals surface area contributed by atoms with Gasteiger partial charge >= 0.3 is 11.9 Å². The second kappa shape index (κ2) is 10.2. The Morgan fingerprint density at radius 2 is 1.15 bits per heavy atom. The van der Waals surface area contributed by atoms with Crippen molar-refractivity contribution >= 4 is 11.9 Å². The van der Waals surface area contributed by atoms with Gasteiger partial charge in [-0.1, -0.05) is 0 Å². The zero-order chi connectivity index (χ0) is 18.9. The third kappa shape index (κ3) is 6.50. The van der Waals surface area contributed by atoms with E-state index >= 15 is 0 Å². The van der Waals surface area contributed by atoms with Crippen LogP contribution in [0, 0.1) is 10.8 Å². The Kier molecular flexibility index (Phi) is 8.27. The molecule has 4 aliphatic rings. The van der Waals surface area contributed by atoms with Crippen LogP contribution >= 0.6 is 0 Å². The van der Waals surface area contributed by atoms with Gasteiger partial charge in [-0.05, 0) is 51.6 Å². The van der Waals surface area contributed by atoms with Gasteiger partial charge in [-0.25, -0.2) is 9.59 Å². The Morgan fingerprint density at radius 3 is 1.38 bits per heavy atom. The van der Waals surface area contributed by atoms with Crippen molar-refractivity contribution in [2.75, 3.05) is 52.6 Å². The second-order valence-electron chi connectivity index (χ2n) is 7.78. The lowest BCUT2D eigenvalue weighted by Crippen LogP contribution is -2.40. The van der Waals surface area contributed by atoms with Crippen LogP contribution in [0.1, 0.15) is 38.5 Å². The molecule has 4 heterocycles. The summed E-state index contributed by atoms with van der Waals surface area (Å²) < 4.78 is 10.8. The number of hydrogen-bond donors (Lipinski definition) is 4. The molecule has 4 rings (SSSR count). The molecule has 0 aromatic carbocycles. The normalized spacial score (nSPS) is 33.1. The van der Waals surface area contributed by atoms with Crippen molar-refractivity contribution in [3.8, 4) is 0 Å². The Labute approximate surface area is 154 Å². The van der Waals surface area contributed by atoms with Gasteiger partial charge in [0, 0.05) is 37.1 Å². The summed E-state index contributed by atoms with van der Waals surface area (Å²) in [5, 5.41) is 21.7. The van der Waals surface area contributed by atoms with Gasteiger partial charge in [0.2, 0.25) is 0 Å². The van der Waals surface area contributed by atoms with Gasteiger partial charge < -0.3 is 30.3 Å². The van der Waals surface area contributed by atoms with Gasteiger partial charge in [-0.15, -0.1) is 0 Å². The molecule has 4 saturated heterocycles. The van der Waals surface area contributed by atoms with Gasteiger partial charge in [0.15, 0.2) is 0 Å². The minimum Gasteiger partial charge on any atom is -0.473 e. The molecular formula is C18H32N2O6. The predicted octanol–water partition coefficient (Wildman–Crippen LogP) is 0.709. The highest BCUT2D eigenvalue weighted by Crippen LogP contribution is 2.35. The molecule has 2 spiro atoms. The minimum absolute atomic E-state index is 0.540. The average Bonchev–Trinajstić information content (AvgIpc) is 3.28. The van der Waals surface area contributed by atoms with E-state index in [1.54, 1.807) is 0 Å². The van der Waals surface area contributed by atoms with Crippen molar-refractivity contribution in [1.29, 1.82) is 0 Å².